The number of carboxylic acid groups (broad SMARTS) is 1. The van der Waals surface area contributed by atoms with Gasteiger partial charge in [-0.2, -0.15) is 0 Å². The number of aliphatic carboxylic acids is 1. The molecule has 0 aliphatic heterocycles. The van der Waals surface area contributed by atoms with E-state index in [2.05, 4.69) is 15.3 Å². The quantitative estimate of drug-likeness (QED) is 0.556. The third-order valence-electron chi connectivity index (χ3n) is 8.35. The number of imidazole rings is 1. The molecule has 4 aliphatic rings. The van der Waals surface area contributed by atoms with Crippen LogP contribution in [0.1, 0.15) is 66.2 Å². The van der Waals surface area contributed by atoms with Crippen molar-refractivity contribution in [1.29, 1.82) is 0 Å². The summed E-state index contributed by atoms with van der Waals surface area (Å²) in [6.45, 7) is 0.728. The average molecular weight is 459 g/mol. The maximum absolute atomic E-state index is 13.3. The van der Waals surface area contributed by atoms with Crippen molar-refractivity contribution in [3.05, 3.63) is 65.9 Å². The number of fused-ring (bicyclic) bond motifs is 1. The highest BCUT2D eigenvalue weighted by Gasteiger charge is 2.50. The molecule has 3 heterocycles. The number of pyridine rings is 2. The summed E-state index contributed by atoms with van der Waals surface area (Å²) in [6, 6.07) is 9.06. The van der Waals surface area contributed by atoms with E-state index in [1.807, 2.05) is 18.2 Å². The fourth-order valence-corrected chi connectivity index (χ4v) is 7.32. The highest BCUT2D eigenvalue weighted by atomic mass is 16.4. The molecule has 4 bridgehead atoms. The van der Waals surface area contributed by atoms with E-state index in [1.54, 1.807) is 35.1 Å². The van der Waals surface area contributed by atoms with Gasteiger partial charge in [0.15, 0.2) is 0 Å². The van der Waals surface area contributed by atoms with Crippen molar-refractivity contribution < 1.29 is 14.7 Å². The summed E-state index contributed by atoms with van der Waals surface area (Å²) < 4.78 is 1.73. The first kappa shape index (κ1) is 21.3. The topological polar surface area (TPSA) is 96.6 Å². The Balaban J connectivity index is 1.23. The maximum atomic E-state index is 13.3. The van der Waals surface area contributed by atoms with Crippen LogP contribution in [-0.2, 0) is 11.2 Å². The first-order chi connectivity index (χ1) is 16.5. The summed E-state index contributed by atoms with van der Waals surface area (Å²) in [5, 5.41) is 13.1. The Hall–Kier alpha value is -3.22. The maximum Gasteiger partial charge on any atom is 0.312 e. The van der Waals surface area contributed by atoms with Gasteiger partial charge in [0.25, 0.3) is 5.91 Å². The minimum absolute atomic E-state index is 0.121. The first-order valence-electron chi connectivity index (χ1n) is 12.4. The molecule has 7 heteroatoms. The molecule has 0 saturated heterocycles. The van der Waals surface area contributed by atoms with Gasteiger partial charge >= 0.3 is 5.97 Å². The van der Waals surface area contributed by atoms with E-state index in [9.17, 15) is 14.7 Å². The lowest BCUT2D eigenvalue weighted by Gasteiger charge is -2.56. The van der Waals surface area contributed by atoms with Crippen molar-refractivity contribution in [2.24, 2.45) is 23.2 Å². The van der Waals surface area contributed by atoms with Crippen LogP contribution < -0.4 is 5.32 Å². The summed E-state index contributed by atoms with van der Waals surface area (Å²) >= 11 is 0. The van der Waals surface area contributed by atoms with Crippen molar-refractivity contribution >= 4 is 17.5 Å². The van der Waals surface area contributed by atoms with Gasteiger partial charge in [0.2, 0.25) is 0 Å². The molecule has 0 radical (unpaired) electrons. The molecule has 3 aromatic rings. The van der Waals surface area contributed by atoms with Gasteiger partial charge in [-0.3, -0.25) is 19.0 Å². The number of hydrogen-bond acceptors (Lipinski definition) is 4. The normalized spacial score (nSPS) is 28.2. The largest absolute Gasteiger partial charge is 0.481 e. The van der Waals surface area contributed by atoms with E-state index in [4.69, 9.17) is 0 Å². The minimum atomic E-state index is -0.944. The number of nitrogens with zero attached hydrogens (tertiary/aromatic N) is 3. The Morgan fingerprint density at radius 3 is 2.47 bits per heavy atom. The lowest BCUT2D eigenvalue weighted by Crippen LogP contribution is -2.51. The van der Waals surface area contributed by atoms with E-state index in [0.717, 1.165) is 29.9 Å². The van der Waals surface area contributed by atoms with Crippen LogP contribution in [-0.4, -0.2) is 37.9 Å². The Kier molecular flexibility index (Phi) is 5.15. The Bertz CT molecular complexity index is 1200. The summed E-state index contributed by atoms with van der Waals surface area (Å²) in [4.78, 5) is 34.0. The summed E-state index contributed by atoms with van der Waals surface area (Å²) in [5.74, 6) is 0.651. The number of rotatable bonds is 7. The number of aromatic nitrogens is 3. The van der Waals surface area contributed by atoms with Gasteiger partial charge in [0.05, 0.1) is 5.69 Å². The number of carbonyl (C=O) groups excluding carboxylic acids is 1. The second-order valence-corrected chi connectivity index (χ2v) is 10.9. The summed E-state index contributed by atoms with van der Waals surface area (Å²) in [6.07, 6.45) is 13.2. The average Bonchev–Trinajstić information content (AvgIpc) is 3.24. The van der Waals surface area contributed by atoms with Crippen molar-refractivity contribution in [2.75, 3.05) is 6.54 Å². The zero-order valence-electron chi connectivity index (χ0n) is 19.2. The van der Waals surface area contributed by atoms with Gasteiger partial charge < -0.3 is 10.4 Å². The molecule has 176 valence electrons. The van der Waals surface area contributed by atoms with Gasteiger partial charge in [-0.05, 0) is 91.9 Å². The molecule has 7 rings (SSSR count). The second kappa shape index (κ2) is 8.22. The fraction of sp³-hybridized carbons (Fsp3) is 0.481. The Labute approximate surface area is 198 Å². The molecule has 7 nitrogen and oxygen atoms in total. The molecule has 4 aliphatic carbocycles. The van der Waals surface area contributed by atoms with Gasteiger partial charge in [0.1, 0.15) is 17.3 Å². The molecule has 4 fully saturated rings. The standard InChI is InChI=1S/C27H30N4O3/c32-25(29-16-27-11-18-7-19(12-27)9-20(8-18)13-27)23-4-1-5-24-30-22(15-31(23)24)21(26(33)34)10-17-3-2-6-28-14-17/h1-6,14-15,18-21H,7-13,16H2,(H,29,32)(H,33,34). The van der Waals surface area contributed by atoms with Crippen molar-refractivity contribution in [3.63, 3.8) is 0 Å². The van der Waals surface area contributed by atoms with Crippen LogP contribution in [0.3, 0.4) is 0 Å². The van der Waals surface area contributed by atoms with Crippen LogP contribution in [0.2, 0.25) is 0 Å². The molecule has 0 spiro atoms. The van der Waals surface area contributed by atoms with E-state index < -0.39 is 11.9 Å². The van der Waals surface area contributed by atoms with E-state index >= 15 is 0 Å². The van der Waals surface area contributed by atoms with Crippen molar-refractivity contribution in [3.8, 4) is 0 Å². The highest BCUT2D eigenvalue weighted by molar-refractivity contribution is 5.93. The van der Waals surface area contributed by atoms with Crippen molar-refractivity contribution in [2.45, 2.75) is 50.9 Å². The Morgan fingerprint density at radius 1 is 1.09 bits per heavy atom. The third-order valence-corrected chi connectivity index (χ3v) is 8.35. The number of nitrogens with one attached hydrogen (secondary N) is 1. The lowest BCUT2D eigenvalue weighted by molar-refractivity contribution is -0.138. The molecule has 1 atom stereocenters. The molecular weight excluding hydrogens is 428 g/mol. The zero-order valence-corrected chi connectivity index (χ0v) is 19.2. The number of carboxylic acids is 1. The smallest absolute Gasteiger partial charge is 0.312 e. The lowest BCUT2D eigenvalue weighted by atomic mass is 9.49. The third kappa shape index (κ3) is 3.87. The number of hydrogen-bond donors (Lipinski definition) is 2. The second-order valence-electron chi connectivity index (χ2n) is 10.9. The number of carbonyl (C=O) groups is 2. The molecule has 0 aromatic carbocycles. The van der Waals surface area contributed by atoms with Gasteiger partial charge in [0, 0.05) is 25.1 Å². The predicted octanol–water partition coefficient (Wildman–Crippen LogP) is 4.09. The van der Waals surface area contributed by atoms with Crippen LogP contribution in [0, 0.1) is 23.2 Å². The Morgan fingerprint density at radius 2 is 1.82 bits per heavy atom. The predicted molar refractivity (Wildman–Crippen MR) is 126 cm³/mol. The van der Waals surface area contributed by atoms with Gasteiger partial charge in [-0.15, -0.1) is 0 Å². The van der Waals surface area contributed by atoms with E-state index in [-0.39, 0.29) is 11.3 Å². The molecule has 4 saturated carbocycles. The SMILES string of the molecule is O=C(NCC12CC3CC(CC(C3)C1)C2)c1cccc2nc(C(Cc3cccnc3)C(=O)O)cn12. The van der Waals surface area contributed by atoms with Crippen LogP contribution in [0.15, 0.2) is 48.9 Å². The molecule has 3 aromatic heterocycles. The molecular formula is C27H30N4O3. The molecule has 2 N–H and O–H groups in total. The van der Waals surface area contributed by atoms with Gasteiger partial charge in [-0.1, -0.05) is 12.1 Å². The van der Waals surface area contributed by atoms with Crippen LogP contribution in [0.4, 0.5) is 0 Å². The summed E-state index contributed by atoms with van der Waals surface area (Å²) in [5.41, 5.74) is 2.61. The first-order valence-corrected chi connectivity index (χ1v) is 12.4. The monoisotopic (exact) mass is 458 g/mol. The number of amides is 1. The van der Waals surface area contributed by atoms with Crippen LogP contribution in [0.25, 0.3) is 5.65 Å². The van der Waals surface area contributed by atoms with Gasteiger partial charge in [-0.25, -0.2) is 4.98 Å². The van der Waals surface area contributed by atoms with Crippen LogP contribution >= 0.6 is 0 Å². The minimum Gasteiger partial charge on any atom is -0.481 e. The fourth-order valence-electron chi connectivity index (χ4n) is 7.32. The molecule has 1 amide bonds. The molecule has 1 unspecified atom stereocenters. The molecule has 34 heavy (non-hydrogen) atoms. The highest BCUT2D eigenvalue weighted by Crippen LogP contribution is 2.59. The summed E-state index contributed by atoms with van der Waals surface area (Å²) in [7, 11) is 0. The zero-order chi connectivity index (χ0) is 23.3. The van der Waals surface area contributed by atoms with Crippen LogP contribution in [0.5, 0.6) is 0 Å². The van der Waals surface area contributed by atoms with Crippen molar-refractivity contribution in [1.82, 2.24) is 19.7 Å². The van der Waals surface area contributed by atoms with E-state index in [1.165, 1.54) is 38.5 Å². The van der Waals surface area contributed by atoms with E-state index in [0.29, 0.717) is 23.5 Å².